The van der Waals surface area contributed by atoms with E-state index in [9.17, 15) is 4.79 Å². The van der Waals surface area contributed by atoms with Crippen molar-refractivity contribution in [3.63, 3.8) is 0 Å². The molecular weight excluding hydrogens is 408 g/mol. The number of aryl methyl sites for hydroxylation is 1. The summed E-state index contributed by atoms with van der Waals surface area (Å²) in [5.74, 6) is 2.05. The van der Waals surface area contributed by atoms with Gasteiger partial charge in [-0.15, -0.1) is 11.3 Å². The van der Waals surface area contributed by atoms with Crippen LogP contribution in [0.15, 0.2) is 39.7 Å². The van der Waals surface area contributed by atoms with Crippen molar-refractivity contribution in [2.24, 2.45) is 16.5 Å². The van der Waals surface area contributed by atoms with Gasteiger partial charge in [-0.1, -0.05) is 6.07 Å². The third-order valence-corrected chi connectivity index (χ3v) is 5.57. The van der Waals surface area contributed by atoms with E-state index in [2.05, 4.69) is 30.2 Å². The molecule has 152 valence electrons. The highest BCUT2D eigenvalue weighted by Gasteiger charge is 2.05. The SMILES string of the molecule is Cc1ccc(Cc2cnc(NCCSCc3csc(N=C(N)N)n3)[nH]c2=O)cn1. The van der Waals surface area contributed by atoms with Gasteiger partial charge in [0.15, 0.2) is 5.96 Å². The van der Waals surface area contributed by atoms with Gasteiger partial charge in [0, 0.05) is 53.5 Å². The van der Waals surface area contributed by atoms with Crippen LogP contribution in [0.25, 0.3) is 0 Å². The van der Waals surface area contributed by atoms with E-state index in [1.54, 1.807) is 24.2 Å². The Hall–Kier alpha value is -2.92. The fourth-order valence-electron chi connectivity index (χ4n) is 2.40. The first kappa shape index (κ1) is 20.8. The van der Waals surface area contributed by atoms with Crippen LogP contribution in [-0.2, 0) is 12.2 Å². The Balaban J connectivity index is 1.43. The summed E-state index contributed by atoms with van der Waals surface area (Å²) < 4.78 is 0. The van der Waals surface area contributed by atoms with Crippen LogP contribution < -0.4 is 22.3 Å². The summed E-state index contributed by atoms with van der Waals surface area (Å²) in [4.78, 5) is 31.8. The molecule has 0 aromatic carbocycles. The second-order valence-electron chi connectivity index (χ2n) is 6.21. The highest BCUT2D eigenvalue weighted by molar-refractivity contribution is 7.98. The average Bonchev–Trinajstić information content (AvgIpc) is 3.12. The molecule has 0 radical (unpaired) electrons. The summed E-state index contributed by atoms with van der Waals surface area (Å²) in [7, 11) is 0. The molecule has 0 unspecified atom stereocenters. The van der Waals surface area contributed by atoms with Gasteiger partial charge in [0.05, 0.1) is 5.69 Å². The molecule has 0 saturated heterocycles. The van der Waals surface area contributed by atoms with Crippen molar-refractivity contribution in [3.05, 3.63) is 62.8 Å². The van der Waals surface area contributed by atoms with Crippen LogP contribution in [0.1, 0.15) is 22.5 Å². The van der Waals surface area contributed by atoms with Crippen molar-refractivity contribution >= 4 is 40.1 Å². The third-order valence-electron chi connectivity index (χ3n) is 3.79. The topological polar surface area (TPSA) is 148 Å². The second kappa shape index (κ2) is 10.0. The van der Waals surface area contributed by atoms with Crippen LogP contribution >= 0.6 is 23.1 Å². The molecule has 0 spiro atoms. The van der Waals surface area contributed by atoms with Crippen molar-refractivity contribution < 1.29 is 0 Å². The highest BCUT2D eigenvalue weighted by atomic mass is 32.2. The molecule has 0 bridgehead atoms. The number of pyridine rings is 1. The highest BCUT2D eigenvalue weighted by Crippen LogP contribution is 2.21. The minimum atomic E-state index is -0.148. The summed E-state index contributed by atoms with van der Waals surface area (Å²) in [6, 6.07) is 3.89. The van der Waals surface area contributed by atoms with E-state index >= 15 is 0 Å². The second-order valence-corrected chi connectivity index (χ2v) is 8.15. The standard InChI is InChI=1S/C18H22N8OS2/c1-11-2-3-12(7-22-11)6-13-8-23-17(25-15(13)27)21-4-5-28-9-14-10-29-18(24-14)26-16(19)20/h2-3,7-8,10H,4-6,9H2,1H3,(H4,19,20,24,26)(H2,21,23,25,27). The van der Waals surface area contributed by atoms with E-state index in [4.69, 9.17) is 11.5 Å². The molecule has 0 saturated carbocycles. The molecule has 0 atom stereocenters. The Morgan fingerprint density at radius 1 is 1.31 bits per heavy atom. The number of rotatable bonds is 9. The van der Waals surface area contributed by atoms with Crippen molar-refractivity contribution in [2.75, 3.05) is 17.6 Å². The fraction of sp³-hybridized carbons (Fsp3) is 0.278. The zero-order valence-corrected chi connectivity index (χ0v) is 17.5. The van der Waals surface area contributed by atoms with E-state index < -0.39 is 0 Å². The molecule has 6 N–H and O–H groups in total. The number of H-pyrrole nitrogens is 1. The molecular formula is C18H22N8OS2. The van der Waals surface area contributed by atoms with Crippen molar-refractivity contribution in [1.82, 2.24) is 19.9 Å². The average molecular weight is 431 g/mol. The minimum absolute atomic E-state index is 0.00537. The lowest BCUT2D eigenvalue weighted by molar-refractivity contribution is 0.999. The molecule has 3 aromatic heterocycles. The Bertz CT molecular complexity index is 1020. The molecule has 11 heteroatoms. The number of thioether (sulfide) groups is 1. The number of hydrogen-bond donors (Lipinski definition) is 4. The molecule has 3 aromatic rings. The van der Waals surface area contributed by atoms with E-state index in [1.165, 1.54) is 11.3 Å². The number of thiazole rings is 1. The number of nitrogens with one attached hydrogen (secondary N) is 2. The quantitative estimate of drug-likeness (QED) is 0.228. The fourth-order valence-corrected chi connectivity index (χ4v) is 3.96. The largest absolute Gasteiger partial charge is 0.370 e. The minimum Gasteiger partial charge on any atom is -0.370 e. The van der Waals surface area contributed by atoms with Gasteiger partial charge in [-0.05, 0) is 18.6 Å². The number of guanidine groups is 1. The molecule has 9 nitrogen and oxygen atoms in total. The first-order valence-corrected chi connectivity index (χ1v) is 10.9. The molecule has 0 aliphatic heterocycles. The number of nitrogens with two attached hydrogens (primary N) is 2. The summed E-state index contributed by atoms with van der Waals surface area (Å²) in [6.45, 7) is 2.59. The van der Waals surface area contributed by atoms with Crippen LogP contribution in [0.5, 0.6) is 0 Å². The van der Waals surface area contributed by atoms with E-state index in [-0.39, 0.29) is 11.5 Å². The van der Waals surface area contributed by atoms with Gasteiger partial charge in [0.2, 0.25) is 11.1 Å². The summed E-state index contributed by atoms with van der Waals surface area (Å²) in [5.41, 5.74) is 14.0. The number of aromatic nitrogens is 4. The monoisotopic (exact) mass is 430 g/mol. The Morgan fingerprint density at radius 3 is 2.90 bits per heavy atom. The maximum Gasteiger partial charge on any atom is 0.255 e. The maximum absolute atomic E-state index is 12.3. The van der Waals surface area contributed by atoms with E-state index in [0.717, 1.165) is 28.5 Å². The van der Waals surface area contributed by atoms with Gasteiger partial charge < -0.3 is 16.8 Å². The van der Waals surface area contributed by atoms with Crippen LogP contribution in [0.3, 0.4) is 0 Å². The van der Waals surface area contributed by atoms with Crippen LogP contribution in [0.2, 0.25) is 0 Å². The lowest BCUT2D eigenvalue weighted by Crippen LogP contribution is -2.21. The predicted molar refractivity (Wildman–Crippen MR) is 119 cm³/mol. The first-order valence-electron chi connectivity index (χ1n) is 8.85. The Morgan fingerprint density at radius 2 is 2.17 bits per heavy atom. The van der Waals surface area contributed by atoms with Gasteiger partial charge in [0.25, 0.3) is 5.56 Å². The number of nitrogens with zero attached hydrogens (tertiary/aromatic N) is 4. The van der Waals surface area contributed by atoms with Gasteiger partial charge in [0.1, 0.15) is 0 Å². The first-order chi connectivity index (χ1) is 14.0. The molecule has 29 heavy (non-hydrogen) atoms. The van der Waals surface area contributed by atoms with E-state index in [0.29, 0.717) is 29.6 Å². The van der Waals surface area contributed by atoms with Crippen LogP contribution in [0.4, 0.5) is 11.1 Å². The molecule has 0 aliphatic carbocycles. The van der Waals surface area contributed by atoms with Crippen molar-refractivity contribution in [3.8, 4) is 0 Å². The molecule has 3 heterocycles. The van der Waals surface area contributed by atoms with Crippen molar-refractivity contribution in [1.29, 1.82) is 0 Å². The van der Waals surface area contributed by atoms with Gasteiger partial charge in [-0.3, -0.25) is 14.8 Å². The Labute approximate surface area is 176 Å². The lowest BCUT2D eigenvalue weighted by atomic mass is 10.1. The molecule has 0 aliphatic rings. The molecule has 0 amide bonds. The Kier molecular flexibility index (Phi) is 7.19. The number of aliphatic imine (C=N–C) groups is 1. The zero-order valence-electron chi connectivity index (χ0n) is 15.9. The van der Waals surface area contributed by atoms with Gasteiger partial charge in [-0.2, -0.15) is 16.8 Å². The number of hydrogen-bond acceptors (Lipinski definition) is 8. The normalized spacial score (nSPS) is 10.7. The molecule has 0 fully saturated rings. The van der Waals surface area contributed by atoms with Crippen LogP contribution in [-0.4, -0.2) is 38.2 Å². The zero-order chi connectivity index (χ0) is 20.6. The maximum atomic E-state index is 12.3. The predicted octanol–water partition coefficient (Wildman–Crippen LogP) is 1.77. The number of anilines is 1. The third kappa shape index (κ3) is 6.57. The smallest absolute Gasteiger partial charge is 0.255 e. The van der Waals surface area contributed by atoms with Gasteiger partial charge in [-0.25, -0.2) is 9.97 Å². The summed E-state index contributed by atoms with van der Waals surface area (Å²) in [6.07, 6.45) is 3.89. The van der Waals surface area contributed by atoms with Crippen LogP contribution in [0, 0.1) is 6.92 Å². The summed E-state index contributed by atoms with van der Waals surface area (Å²) >= 11 is 3.11. The summed E-state index contributed by atoms with van der Waals surface area (Å²) in [5, 5.41) is 5.62. The van der Waals surface area contributed by atoms with Crippen molar-refractivity contribution in [2.45, 2.75) is 19.1 Å². The van der Waals surface area contributed by atoms with E-state index in [1.807, 2.05) is 24.4 Å². The molecule has 3 rings (SSSR count). The van der Waals surface area contributed by atoms with Gasteiger partial charge >= 0.3 is 0 Å². The lowest BCUT2D eigenvalue weighted by Gasteiger charge is -2.06. The number of aromatic amines is 1.